The van der Waals surface area contributed by atoms with Gasteiger partial charge in [0, 0.05) is 15.9 Å². The van der Waals surface area contributed by atoms with Gasteiger partial charge in [-0.25, -0.2) is 15.0 Å². The smallest absolute Gasteiger partial charge is 0.266 e. The van der Waals surface area contributed by atoms with Crippen LogP contribution in [0, 0.1) is 0 Å². The summed E-state index contributed by atoms with van der Waals surface area (Å²) >= 11 is 3.08. The Hall–Kier alpha value is -2.42. The molecule has 0 spiro atoms. The van der Waals surface area contributed by atoms with Gasteiger partial charge in [0.2, 0.25) is 5.71 Å². The molecule has 0 amide bonds. The Morgan fingerprint density at radius 2 is 1.63 bits per heavy atom. The van der Waals surface area contributed by atoms with E-state index in [1.807, 2.05) is 0 Å². The van der Waals surface area contributed by atoms with Crippen molar-refractivity contribution in [1.82, 2.24) is 29.9 Å². The van der Waals surface area contributed by atoms with Crippen LogP contribution in [0.4, 0.5) is 0 Å². The van der Waals surface area contributed by atoms with Crippen LogP contribution < -0.4 is 0 Å². The fraction of sp³-hybridized carbons (Fsp3) is 0. The first kappa shape index (κ1) is 11.7. The van der Waals surface area contributed by atoms with E-state index < -0.39 is 0 Å². The third-order valence-corrected chi connectivity index (χ3v) is 2.40. The summed E-state index contributed by atoms with van der Waals surface area (Å²) < 4.78 is 9.88. The number of hydrogen-bond acceptors (Lipinski definition) is 8. The van der Waals surface area contributed by atoms with Crippen molar-refractivity contribution in [3.05, 3.63) is 36.2 Å². The van der Waals surface area contributed by atoms with Crippen molar-refractivity contribution in [2.24, 2.45) is 0 Å². The van der Waals surface area contributed by atoms with Crippen LogP contribution in [0.2, 0.25) is 0 Å². The number of rotatable bonds is 0. The second-order valence-corrected chi connectivity index (χ2v) is 3.92. The molecule has 4 rings (SSSR count). The molecule has 0 fully saturated rings. The third-order valence-electron chi connectivity index (χ3n) is 2.06. The largest absolute Gasteiger partial charge is 0.425 e. The SMILES string of the molecule is Brc1nc2cncnc2o1.c1ncc2ncoc2n1. The van der Waals surface area contributed by atoms with Crippen molar-refractivity contribution in [3.8, 4) is 0 Å². The van der Waals surface area contributed by atoms with Crippen LogP contribution in [-0.4, -0.2) is 29.9 Å². The zero-order valence-corrected chi connectivity index (χ0v) is 10.9. The third kappa shape index (κ3) is 2.55. The van der Waals surface area contributed by atoms with E-state index in [1.165, 1.54) is 19.0 Å². The van der Waals surface area contributed by atoms with Crippen molar-refractivity contribution < 1.29 is 8.83 Å². The van der Waals surface area contributed by atoms with E-state index in [-0.39, 0.29) is 0 Å². The topological polar surface area (TPSA) is 104 Å². The summed E-state index contributed by atoms with van der Waals surface area (Å²) in [5.74, 6) is 0. The average Bonchev–Trinajstić information content (AvgIpc) is 3.03. The van der Waals surface area contributed by atoms with Gasteiger partial charge in [-0.3, -0.25) is 0 Å². The molecule has 9 heteroatoms. The molecular weight excluding hydrogens is 316 g/mol. The number of nitrogens with zero attached hydrogens (tertiary/aromatic N) is 6. The Balaban J connectivity index is 0.000000117. The molecule has 0 aliphatic rings. The molecule has 4 aromatic heterocycles. The minimum Gasteiger partial charge on any atom is -0.425 e. The molecule has 19 heavy (non-hydrogen) atoms. The van der Waals surface area contributed by atoms with Gasteiger partial charge in [0.25, 0.3) is 10.5 Å². The van der Waals surface area contributed by atoms with Crippen molar-refractivity contribution in [2.75, 3.05) is 0 Å². The molecule has 0 saturated carbocycles. The maximum Gasteiger partial charge on any atom is 0.266 e. The lowest BCUT2D eigenvalue weighted by molar-refractivity contribution is 0.559. The number of oxazole rings is 2. The second-order valence-electron chi connectivity index (χ2n) is 3.25. The fourth-order valence-corrected chi connectivity index (χ4v) is 1.63. The van der Waals surface area contributed by atoms with Gasteiger partial charge in [-0.2, -0.15) is 15.0 Å². The van der Waals surface area contributed by atoms with E-state index in [4.69, 9.17) is 8.83 Å². The van der Waals surface area contributed by atoms with Crippen LogP contribution in [-0.2, 0) is 0 Å². The van der Waals surface area contributed by atoms with Gasteiger partial charge in [-0.15, -0.1) is 0 Å². The molecule has 8 nitrogen and oxygen atoms in total. The van der Waals surface area contributed by atoms with E-state index >= 15 is 0 Å². The standard InChI is InChI=1S/C5H2BrN3O.C5H3N3O/c6-5-9-3-1-7-2-8-4(3)10-5;1-4-5(7-2-6-1)9-3-8-4/h1-2H;1-3H. The molecule has 4 heterocycles. The number of fused-ring (bicyclic) bond motifs is 2. The Morgan fingerprint density at radius 1 is 0.895 bits per heavy atom. The lowest BCUT2D eigenvalue weighted by Crippen LogP contribution is -1.74. The molecule has 0 unspecified atom stereocenters. The number of aromatic nitrogens is 6. The van der Waals surface area contributed by atoms with Crippen molar-refractivity contribution in [2.45, 2.75) is 0 Å². The average molecular weight is 321 g/mol. The highest BCUT2D eigenvalue weighted by atomic mass is 79.9. The monoisotopic (exact) mass is 320 g/mol. The highest BCUT2D eigenvalue weighted by Crippen LogP contribution is 2.14. The van der Waals surface area contributed by atoms with Crippen LogP contribution in [0.1, 0.15) is 0 Å². The Morgan fingerprint density at radius 3 is 2.37 bits per heavy atom. The van der Waals surface area contributed by atoms with Crippen LogP contribution in [0.25, 0.3) is 22.5 Å². The van der Waals surface area contributed by atoms with E-state index in [0.717, 1.165) is 0 Å². The zero-order chi connectivity index (χ0) is 13.1. The molecule has 0 aromatic carbocycles. The fourth-order valence-electron chi connectivity index (χ4n) is 1.29. The van der Waals surface area contributed by atoms with E-state index in [1.54, 1.807) is 12.4 Å². The first-order valence-electron chi connectivity index (χ1n) is 5.04. The molecule has 0 aliphatic carbocycles. The highest BCUT2D eigenvalue weighted by Gasteiger charge is 2.01. The summed E-state index contributed by atoms with van der Waals surface area (Å²) in [7, 11) is 0. The number of hydrogen-bond donors (Lipinski definition) is 0. The predicted molar refractivity (Wildman–Crippen MR) is 66.9 cm³/mol. The summed E-state index contributed by atoms with van der Waals surface area (Å²) in [5, 5.41) is 0. The summed E-state index contributed by atoms with van der Waals surface area (Å²) in [6.45, 7) is 0. The van der Waals surface area contributed by atoms with Gasteiger partial charge in [0.15, 0.2) is 6.39 Å². The van der Waals surface area contributed by atoms with E-state index in [9.17, 15) is 0 Å². The summed E-state index contributed by atoms with van der Waals surface area (Å²) in [6.07, 6.45) is 7.38. The first-order chi connectivity index (χ1) is 9.33. The zero-order valence-electron chi connectivity index (χ0n) is 9.26. The lowest BCUT2D eigenvalue weighted by atomic mass is 10.6. The Labute approximate surface area is 114 Å². The molecule has 0 N–H and O–H groups in total. The minimum absolute atomic E-state index is 0.433. The van der Waals surface area contributed by atoms with Crippen molar-refractivity contribution >= 4 is 38.4 Å². The number of halogens is 1. The molecule has 4 aromatic rings. The molecule has 0 saturated heterocycles. The normalized spacial score (nSPS) is 10.4. The summed E-state index contributed by atoms with van der Waals surface area (Å²) in [5.41, 5.74) is 2.39. The van der Waals surface area contributed by atoms with Crippen molar-refractivity contribution in [3.63, 3.8) is 0 Å². The van der Waals surface area contributed by atoms with E-state index in [0.29, 0.717) is 27.3 Å². The summed E-state index contributed by atoms with van der Waals surface area (Å²) in [4.78, 5) is 23.4. The Bertz CT molecular complexity index is 750. The molecule has 0 radical (unpaired) electrons. The van der Waals surface area contributed by atoms with Gasteiger partial charge >= 0.3 is 0 Å². The van der Waals surface area contributed by atoms with Gasteiger partial charge in [-0.05, 0) is 0 Å². The first-order valence-corrected chi connectivity index (χ1v) is 5.83. The van der Waals surface area contributed by atoms with Crippen LogP contribution in [0.5, 0.6) is 0 Å². The maximum atomic E-state index is 5.02. The van der Waals surface area contributed by atoms with E-state index in [2.05, 4.69) is 45.8 Å². The Kier molecular flexibility index (Phi) is 3.11. The van der Waals surface area contributed by atoms with Gasteiger partial charge in [0.05, 0.1) is 12.4 Å². The maximum absolute atomic E-state index is 5.02. The molecule has 0 bridgehead atoms. The van der Waals surface area contributed by atoms with Gasteiger partial charge in [-0.1, -0.05) is 0 Å². The quantitative estimate of drug-likeness (QED) is 0.484. The molecule has 0 aliphatic heterocycles. The molecule has 0 atom stereocenters. The van der Waals surface area contributed by atoms with Gasteiger partial charge < -0.3 is 8.83 Å². The minimum atomic E-state index is 0.433. The highest BCUT2D eigenvalue weighted by molar-refractivity contribution is 9.10. The molecular formula is C10H5BrN6O2. The van der Waals surface area contributed by atoms with Crippen molar-refractivity contribution in [1.29, 1.82) is 0 Å². The summed E-state index contributed by atoms with van der Waals surface area (Å²) in [6, 6.07) is 0. The lowest BCUT2D eigenvalue weighted by Gasteiger charge is -1.78. The predicted octanol–water partition coefficient (Wildman–Crippen LogP) is 2.00. The second kappa shape index (κ2) is 5.06. The molecule has 94 valence electrons. The van der Waals surface area contributed by atoms with Crippen LogP contribution in [0.15, 0.2) is 45.1 Å². The van der Waals surface area contributed by atoms with Crippen LogP contribution in [0.3, 0.4) is 0 Å². The van der Waals surface area contributed by atoms with Crippen LogP contribution >= 0.6 is 15.9 Å². The van der Waals surface area contributed by atoms with Gasteiger partial charge in [0.1, 0.15) is 23.7 Å².